The number of aryl methyl sites for hydroxylation is 1. The smallest absolute Gasteiger partial charge is 0.243 e. The number of carbonyl (C=O) groups is 1. The summed E-state index contributed by atoms with van der Waals surface area (Å²) in [7, 11) is 1.98. The summed E-state index contributed by atoms with van der Waals surface area (Å²) in [6.45, 7) is 5.99. The second kappa shape index (κ2) is 7.09. The molecule has 0 radical (unpaired) electrons. The van der Waals surface area contributed by atoms with Gasteiger partial charge in [-0.15, -0.1) is 0 Å². The van der Waals surface area contributed by atoms with Crippen LogP contribution < -0.4 is 5.32 Å². The molecule has 1 N–H and O–H groups in total. The van der Waals surface area contributed by atoms with Gasteiger partial charge in [-0.3, -0.25) is 4.79 Å². The Hall–Kier alpha value is -1.62. The fourth-order valence-electron chi connectivity index (χ4n) is 3.64. The third kappa shape index (κ3) is 4.07. The second-order valence-corrected chi connectivity index (χ2v) is 7.95. The van der Waals surface area contributed by atoms with Crippen molar-refractivity contribution in [1.82, 2.24) is 14.9 Å². The van der Waals surface area contributed by atoms with E-state index in [9.17, 15) is 4.79 Å². The van der Waals surface area contributed by atoms with Crippen LogP contribution in [0.4, 0.5) is 0 Å². The Balaban J connectivity index is 1.52. The fourth-order valence-corrected chi connectivity index (χ4v) is 3.64. The molecule has 1 saturated heterocycles. The lowest BCUT2D eigenvalue weighted by Crippen LogP contribution is -2.30. The summed E-state index contributed by atoms with van der Waals surface area (Å²) in [4.78, 5) is 16.6. The van der Waals surface area contributed by atoms with E-state index in [4.69, 9.17) is 4.74 Å². The molecule has 3 rings (SSSR count). The summed E-state index contributed by atoms with van der Waals surface area (Å²) in [6, 6.07) is 0. The number of hydrogen-bond acceptors (Lipinski definition) is 3. The van der Waals surface area contributed by atoms with Crippen molar-refractivity contribution < 1.29 is 9.53 Å². The van der Waals surface area contributed by atoms with Crippen molar-refractivity contribution in [3.63, 3.8) is 0 Å². The molecule has 2 heterocycles. The van der Waals surface area contributed by atoms with Gasteiger partial charge in [-0.2, -0.15) is 0 Å². The lowest BCUT2D eigenvalue weighted by atomic mass is 9.75. The Bertz CT molecular complexity index is 606. The van der Waals surface area contributed by atoms with Crippen molar-refractivity contribution in [3.8, 4) is 0 Å². The predicted octanol–water partition coefficient (Wildman–Crippen LogP) is 3.14. The Morgan fingerprint density at radius 3 is 2.88 bits per heavy atom. The number of allylic oxidation sites excluding steroid dienone is 1. The predicted molar refractivity (Wildman–Crippen MR) is 93.3 cm³/mol. The number of carbonyl (C=O) groups excluding carboxylic acids is 1. The molecule has 0 spiro atoms. The lowest BCUT2D eigenvalue weighted by Gasteiger charge is -2.30. The van der Waals surface area contributed by atoms with Crippen LogP contribution in [-0.2, 0) is 16.6 Å². The topological polar surface area (TPSA) is 56.1 Å². The van der Waals surface area contributed by atoms with Crippen LogP contribution in [0.25, 0.3) is 0 Å². The van der Waals surface area contributed by atoms with E-state index in [-0.39, 0.29) is 12.0 Å². The maximum absolute atomic E-state index is 12.2. The summed E-state index contributed by atoms with van der Waals surface area (Å²) in [5.41, 5.74) is 1.71. The molecule has 5 heteroatoms. The highest BCUT2D eigenvalue weighted by atomic mass is 16.5. The summed E-state index contributed by atoms with van der Waals surface area (Å²) in [5.74, 6) is 1.27. The van der Waals surface area contributed by atoms with Gasteiger partial charge in [0.05, 0.1) is 0 Å². The Kier molecular flexibility index (Phi) is 5.09. The van der Waals surface area contributed by atoms with Crippen molar-refractivity contribution in [1.29, 1.82) is 0 Å². The van der Waals surface area contributed by atoms with Gasteiger partial charge in [-0.1, -0.05) is 19.4 Å². The number of ether oxygens (including phenoxy) is 1. The van der Waals surface area contributed by atoms with Gasteiger partial charge in [0.15, 0.2) is 0 Å². The average molecular weight is 331 g/mol. The van der Waals surface area contributed by atoms with Crippen LogP contribution in [0.15, 0.2) is 24.0 Å². The third-order valence-electron chi connectivity index (χ3n) is 5.45. The molecule has 0 bridgehead atoms. The molecule has 1 saturated carbocycles. The quantitative estimate of drug-likeness (QED) is 0.862. The molecule has 2 atom stereocenters. The van der Waals surface area contributed by atoms with Gasteiger partial charge in [0.25, 0.3) is 0 Å². The molecule has 1 aliphatic carbocycles. The molecule has 2 aliphatic rings. The summed E-state index contributed by atoms with van der Waals surface area (Å²) < 4.78 is 7.84. The van der Waals surface area contributed by atoms with E-state index >= 15 is 0 Å². The van der Waals surface area contributed by atoms with Gasteiger partial charge in [0.2, 0.25) is 5.91 Å². The first-order chi connectivity index (χ1) is 11.4. The van der Waals surface area contributed by atoms with Gasteiger partial charge in [-0.25, -0.2) is 4.98 Å². The first kappa shape index (κ1) is 17.2. The number of imidazole rings is 1. The molecule has 1 aliphatic heterocycles. The minimum absolute atomic E-state index is 0.0200. The van der Waals surface area contributed by atoms with Gasteiger partial charge in [0, 0.05) is 44.6 Å². The highest BCUT2D eigenvalue weighted by molar-refractivity contribution is 5.88. The van der Waals surface area contributed by atoms with E-state index < -0.39 is 0 Å². The van der Waals surface area contributed by atoms with Gasteiger partial charge < -0.3 is 14.6 Å². The monoisotopic (exact) mass is 331 g/mol. The van der Waals surface area contributed by atoms with E-state index in [0.717, 1.165) is 31.7 Å². The van der Waals surface area contributed by atoms with Crippen molar-refractivity contribution >= 4 is 5.91 Å². The van der Waals surface area contributed by atoms with Crippen LogP contribution in [0.5, 0.6) is 0 Å². The molecular weight excluding hydrogens is 302 g/mol. The van der Waals surface area contributed by atoms with E-state index in [2.05, 4.69) is 24.1 Å². The molecule has 5 nitrogen and oxygen atoms in total. The number of rotatable bonds is 4. The maximum Gasteiger partial charge on any atom is 0.243 e. The highest BCUT2D eigenvalue weighted by Crippen LogP contribution is 2.37. The molecule has 1 aromatic heterocycles. The molecule has 0 unspecified atom stereocenters. The van der Waals surface area contributed by atoms with Crippen LogP contribution in [0.3, 0.4) is 0 Å². The summed E-state index contributed by atoms with van der Waals surface area (Å²) in [5, 5.41) is 3.07. The third-order valence-corrected chi connectivity index (χ3v) is 5.45. The lowest BCUT2D eigenvalue weighted by molar-refractivity contribution is -0.116. The zero-order chi connectivity index (χ0) is 17.2. The van der Waals surface area contributed by atoms with Crippen LogP contribution >= 0.6 is 0 Å². The molecule has 132 valence electrons. The van der Waals surface area contributed by atoms with E-state index in [1.165, 1.54) is 18.4 Å². The van der Waals surface area contributed by atoms with Crippen molar-refractivity contribution in [2.45, 2.75) is 52.1 Å². The zero-order valence-electron chi connectivity index (χ0n) is 15.0. The number of hydrogen-bond donors (Lipinski definition) is 1. The molecule has 1 aromatic rings. The molecule has 2 fully saturated rings. The molecule has 1 amide bonds. The minimum atomic E-state index is -0.0200. The van der Waals surface area contributed by atoms with Gasteiger partial charge in [0.1, 0.15) is 11.9 Å². The van der Waals surface area contributed by atoms with E-state index in [1.54, 1.807) is 6.20 Å². The summed E-state index contributed by atoms with van der Waals surface area (Å²) in [6.07, 6.45) is 10.9. The Morgan fingerprint density at radius 1 is 1.46 bits per heavy atom. The Morgan fingerprint density at radius 2 is 2.21 bits per heavy atom. The Labute approximate surface area is 144 Å². The van der Waals surface area contributed by atoms with Crippen LogP contribution in [-0.4, -0.2) is 28.6 Å². The first-order valence-electron chi connectivity index (χ1n) is 9.01. The number of aromatic nitrogens is 2. The fraction of sp³-hybridized carbons (Fsp3) is 0.684. The largest absolute Gasteiger partial charge is 0.370 e. The van der Waals surface area contributed by atoms with E-state index in [1.807, 2.05) is 23.9 Å². The number of nitrogens with one attached hydrogen (secondary N) is 1. The van der Waals surface area contributed by atoms with Crippen molar-refractivity contribution in [2.75, 3.05) is 13.2 Å². The van der Waals surface area contributed by atoms with E-state index in [0.29, 0.717) is 17.9 Å². The standard InChI is InChI=1S/C19H29N3O2/c1-19(2)7-4-14(5-8-19)12-16(23)21-13-15-6-11-24-17(15)18-20-9-10-22(18)3/h9-10,12,15,17H,4-8,11,13H2,1-3H3,(H,21,23)/t15-,17+/m0/s1. The minimum Gasteiger partial charge on any atom is -0.370 e. The SMILES string of the molecule is Cn1ccnc1[C@@H]1OCC[C@H]1CNC(=O)C=C1CCC(C)(C)CC1. The first-order valence-corrected chi connectivity index (χ1v) is 9.01. The molecule has 0 aromatic carbocycles. The second-order valence-electron chi connectivity index (χ2n) is 7.95. The number of amides is 1. The van der Waals surface area contributed by atoms with Crippen molar-refractivity contribution in [2.24, 2.45) is 18.4 Å². The number of nitrogens with zero attached hydrogens (tertiary/aromatic N) is 2. The highest BCUT2D eigenvalue weighted by Gasteiger charge is 2.32. The van der Waals surface area contributed by atoms with Crippen LogP contribution in [0.1, 0.15) is 57.9 Å². The van der Waals surface area contributed by atoms with Crippen LogP contribution in [0, 0.1) is 11.3 Å². The van der Waals surface area contributed by atoms with Gasteiger partial charge in [-0.05, 0) is 37.5 Å². The average Bonchev–Trinajstić information content (AvgIpc) is 3.15. The molecule has 24 heavy (non-hydrogen) atoms. The van der Waals surface area contributed by atoms with Crippen molar-refractivity contribution in [3.05, 3.63) is 29.9 Å². The van der Waals surface area contributed by atoms with Crippen LogP contribution in [0.2, 0.25) is 0 Å². The van der Waals surface area contributed by atoms with Gasteiger partial charge >= 0.3 is 0 Å². The molecular formula is C19H29N3O2. The maximum atomic E-state index is 12.2. The zero-order valence-corrected chi connectivity index (χ0v) is 15.0. The normalized spacial score (nSPS) is 26.4. The summed E-state index contributed by atoms with van der Waals surface area (Å²) >= 11 is 0.